The number of hydrogen-bond acceptors (Lipinski definition) is 2. The molecule has 0 aliphatic rings. The van der Waals surface area contributed by atoms with E-state index in [0.29, 0.717) is 13.0 Å². The van der Waals surface area contributed by atoms with Gasteiger partial charge >= 0.3 is 5.97 Å². The molecule has 0 fully saturated rings. The van der Waals surface area contributed by atoms with E-state index in [1.165, 1.54) is 5.56 Å². The SMILES string of the molecule is Cc1ccc(-c2cccc(OCCCC(=O)O)c2)cc1. The van der Waals surface area contributed by atoms with E-state index in [-0.39, 0.29) is 6.42 Å². The Labute approximate surface area is 118 Å². The Kier molecular flexibility index (Phi) is 4.77. The molecule has 0 aliphatic carbocycles. The van der Waals surface area contributed by atoms with Gasteiger partial charge < -0.3 is 9.84 Å². The van der Waals surface area contributed by atoms with Crippen LogP contribution in [0.3, 0.4) is 0 Å². The quantitative estimate of drug-likeness (QED) is 0.810. The maximum atomic E-state index is 10.4. The van der Waals surface area contributed by atoms with Gasteiger partial charge in [0.1, 0.15) is 5.75 Å². The van der Waals surface area contributed by atoms with Crippen LogP contribution in [-0.2, 0) is 4.79 Å². The van der Waals surface area contributed by atoms with Gasteiger partial charge in [-0.25, -0.2) is 0 Å². The highest BCUT2D eigenvalue weighted by molar-refractivity contribution is 5.66. The molecule has 0 heterocycles. The first-order valence-corrected chi connectivity index (χ1v) is 6.67. The Bertz CT molecular complexity index is 573. The number of hydrogen-bond donors (Lipinski definition) is 1. The minimum Gasteiger partial charge on any atom is -0.494 e. The Balaban J connectivity index is 2.00. The number of rotatable bonds is 6. The first kappa shape index (κ1) is 14.1. The molecule has 0 bridgehead atoms. The van der Waals surface area contributed by atoms with Crippen LogP contribution in [0.15, 0.2) is 48.5 Å². The van der Waals surface area contributed by atoms with E-state index in [1.807, 2.05) is 24.3 Å². The summed E-state index contributed by atoms with van der Waals surface area (Å²) in [4.78, 5) is 10.4. The molecule has 1 N–H and O–H groups in total. The number of carboxylic acid groups (broad SMARTS) is 1. The van der Waals surface area contributed by atoms with Gasteiger partial charge in [0.25, 0.3) is 0 Å². The third-order valence-electron chi connectivity index (χ3n) is 3.02. The summed E-state index contributed by atoms with van der Waals surface area (Å²) in [5.74, 6) is -0.0181. The third kappa shape index (κ3) is 4.12. The number of aliphatic carboxylic acids is 1. The highest BCUT2D eigenvalue weighted by atomic mass is 16.5. The van der Waals surface area contributed by atoms with E-state index in [2.05, 4.69) is 31.2 Å². The molecule has 2 rings (SSSR count). The van der Waals surface area contributed by atoms with Crippen LogP contribution in [0, 0.1) is 6.92 Å². The van der Waals surface area contributed by atoms with Gasteiger partial charge in [-0.15, -0.1) is 0 Å². The molecule has 20 heavy (non-hydrogen) atoms. The van der Waals surface area contributed by atoms with Crippen LogP contribution < -0.4 is 4.74 Å². The fraction of sp³-hybridized carbons (Fsp3) is 0.235. The molecule has 3 nitrogen and oxygen atoms in total. The second kappa shape index (κ2) is 6.75. The summed E-state index contributed by atoms with van der Waals surface area (Å²) in [5.41, 5.74) is 3.47. The number of carbonyl (C=O) groups is 1. The second-order valence-corrected chi connectivity index (χ2v) is 4.74. The van der Waals surface area contributed by atoms with Crippen molar-refractivity contribution >= 4 is 5.97 Å². The summed E-state index contributed by atoms with van der Waals surface area (Å²) in [6.45, 7) is 2.48. The molecule has 3 heteroatoms. The first-order chi connectivity index (χ1) is 9.65. The zero-order chi connectivity index (χ0) is 14.4. The van der Waals surface area contributed by atoms with Crippen LogP contribution in [0.1, 0.15) is 18.4 Å². The molecule has 0 amide bonds. The van der Waals surface area contributed by atoms with Gasteiger partial charge in [0, 0.05) is 6.42 Å². The molecule has 2 aromatic rings. The van der Waals surface area contributed by atoms with Gasteiger partial charge in [0.2, 0.25) is 0 Å². The average molecular weight is 270 g/mol. The van der Waals surface area contributed by atoms with Crippen LogP contribution in [0.5, 0.6) is 5.75 Å². The van der Waals surface area contributed by atoms with E-state index in [9.17, 15) is 4.79 Å². The first-order valence-electron chi connectivity index (χ1n) is 6.67. The van der Waals surface area contributed by atoms with E-state index in [4.69, 9.17) is 9.84 Å². The summed E-state index contributed by atoms with van der Waals surface area (Å²) in [6, 6.07) is 16.2. The molecule has 0 saturated carbocycles. The number of ether oxygens (including phenoxy) is 1. The van der Waals surface area contributed by atoms with Crippen LogP contribution in [0.4, 0.5) is 0 Å². The van der Waals surface area contributed by atoms with Crippen molar-refractivity contribution in [1.29, 1.82) is 0 Å². The predicted molar refractivity (Wildman–Crippen MR) is 79.0 cm³/mol. The topological polar surface area (TPSA) is 46.5 Å². The zero-order valence-electron chi connectivity index (χ0n) is 11.5. The fourth-order valence-electron chi connectivity index (χ4n) is 1.92. The number of aryl methyl sites for hydroxylation is 1. The molecule has 2 aromatic carbocycles. The molecule has 0 spiro atoms. The fourth-order valence-corrected chi connectivity index (χ4v) is 1.92. The zero-order valence-corrected chi connectivity index (χ0v) is 11.5. The highest BCUT2D eigenvalue weighted by Crippen LogP contribution is 2.24. The number of benzene rings is 2. The van der Waals surface area contributed by atoms with Crippen LogP contribution in [-0.4, -0.2) is 17.7 Å². The third-order valence-corrected chi connectivity index (χ3v) is 3.02. The highest BCUT2D eigenvalue weighted by Gasteiger charge is 2.01. The standard InChI is InChI=1S/C17H18O3/c1-13-7-9-14(10-8-13)15-4-2-5-16(12-15)20-11-3-6-17(18)19/h2,4-5,7-10,12H,3,6,11H2,1H3,(H,18,19). The average Bonchev–Trinajstić information content (AvgIpc) is 2.44. The molecular formula is C17H18O3. The smallest absolute Gasteiger partial charge is 0.303 e. The predicted octanol–water partition coefficient (Wildman–Crippen LogP) is 3.91. The van der Waals surface area contributed by atoms with Crippen molar-refractivity contribution in [2.24, 2.45) is 0 Å². The Morgan fingerprint density at radius 1 is 1.10 bits per heavy atom. The van der Waals surface area contributed by atoms with Gasteiger partial charge in [-0.05, 0) is 36.6 Å². The monoisotopic (exact) mass is 270 g/mol. The minimum atomic E-state index is -0.790. The van der Waals surface area contributed by atoms with E-state index >= 15 is 0 Å². The summed E-state index contributed by atoms with van der Waals surface area (Å²) in [6.07, 6.45) is 0.655. The molecule has 0 atom stereocenters. The summed E-state index contributed by atoms with van der Waals surface area (Å²) >= 11 is 0. The summed E-state index contributed by atoms with van der Waals surface area (Å²) < 4.78 is 5.58. The molecule has 0 saturated heterocycles. The Morgan fingerprint density at radius 3 is 2.55 bits per heavy atom. The van der Waals surface area contributed by atoms with E-state index < -0.39 is 5.97 Å². The maximum absolute atomic E-state index is 10.4. The van der Waals surface area contributed by atoms with E-state index in [1.54, 1.807) is 0 Å². The van der Waals surface area contributed by atoms with Gasteiger partial charge in [0.15, 0.2) is 0 Å². The normalized spacial score (nSPS) is 10.2. The van der Waals surface area contributed by atoms with Gasteiger partial charge in [-0.3, -0.25) is 4.79 Å². The van der Waals surface area contributed by atoms with Crippen molar-refractivity contribution in [3.63, 3.8) is 0 Å². The largest absolute Gasteiger partial charge is 0.494 e. The van der Waals surface area contributed by atoms with Crippen molar-refractivity contribution in [1.82, 2.24) is 0 Å². The number of carboxylic acids is 1. The van der Waals surface area contributed by atoms with Crippen LogP contribution >= 0.6 is 0 Å². The Hall–Kier alpha value is -2.29. The lowest BCUT2D eigenvalue weighted by atomic mass is 10.0. The van der Waals surface area contributed by atoms with Gasteiger partial charge in [0.05, 0.1) is 6.61 Å². The lowest BCUT2D eigenvalue weighted by molar-refractivity contribution is -0.137. The summed E-state index contributed by atoms with van der Waals surface area (Å²) in [7, 11) is 0. The van der Waals surface area contributed by atoms with E-state index in [0.717, 1.165) is 16.9 Å². The van der Waals surface area contributed by atoms with Crippen molar-refractivity contribution < 1.29 is 14.6 Å². The molecule has 0 radical (unpaired) electrons. The molecular weight excluding hydrogens is 252 g/mol. The lowest BCUT2D eigenvalue weighted by Gasteiger charge is -2.08. The van der Waals surface area contributed by atoms with Crippen molar-refractivity contribution in [3.05, 3.63) is 54.1 Å². The van der Waals surface area contributed by atoms with Crippen LogP contribution in [0.25, 0.3) is 11.1 Å². The molecule has 0 aromatic heterocycles. The lowest BCUT2D eigenvalue weighted by Crippen LogP contribution is -2.02. The second-order valence-electron chi connectivity index (χ2n) is 4.74. The molecule has 0 unspecified atom stereocenters. The minimum absolute atomic E-state index is 0.137. The maximum Gasteiger partial charge on any atom is 0.303 e. The van der Waals surface area contributed by atoms with Gasteiger partial charge in [-0.2, -0.15) is 0 Å². The van der Waals surface area contributed by atoms with Crippen LogP contribution in [0.2, 0.25) is 0 Å². The summed E-state index contributed by atoms with van der Waals surface area (Å²) in [5, 5.41) is 8.57. The van der Waals surface area contributed by atoms with Gasteiger partial charge in [-0.1, -0.05) is 42.0 Å². The molecule has 0 aliphatic heterocycles. The Morgan fingerprint density at radius 2 is 1.85 bits per heavy atom. The van der Waals surface area contributed by atoms with Crippen molar-refractivity contribution in [2.45, 2.75) is 19.8 Å². The molecule has 104 valence electrons. The van der Waals surface area contributed by atoms with Crippen molar-refractivity contribution in [2.75, 3.05) is 6.61 Å². The van der Waals surface area contributed by atoms with Crippen molar-refractivity contribution in [3.8, 4) is 16.9 Å².